The topological polar surface area (TPSA) is 116 Å². The Kier molecular flexibility index (Phi) is 4.27. The molecule has 7 nitrogen and oxygen atoms in total. The lowest BCUT2D eigenvalue weighted by atomic mass is 9.91. The van der Waals surface area contributed by atoms with Gasteiger partial charge in [0.05, 0.1) is 0 Å². The van der Waals surface area contributed by atoms with E-state index in [0.717, 1.165) is 32.4 Å². The van der Waals surface area contributed by atoms with Crippen LogP contribution in [-0.2, 0) is 14.4 Å². The summed E-state index contributed by atoms with van der Waals surface area (Å²) in [5.41, 5.74) is 0.0468. The first-order valence-corrected chi connectivity index (χ1v) is 6.90. The van der Waals surface area contributed by atoms with Gasteiger partial charge in [0.25, 0.3) is 0 Å². The summed E-state index contributed by atoms with van der Waals surface area (Å²) >= 11 is 0. The first-order chi connectivity index (χ1) is 9.44. The second kappa shape index (κ2) is 5.78. The van der Waals surface area contributed by atoms with Crippen molar-refractivity contribution in [1.29, 1.82) is 0 Å². The highest BCUT2D eigenvalue weighted by Crippen LogP contribution is 2.58. The Labute approximate surface area is 116 Å². The molecule has 1 unspecified atom stereocenters. The van der Waals surface area contributed by atoms with Crippen LogP contribution in [0, 0.1) is 11.3 Å². The maximum atomic E-state index is 12.1. The van der Waals surface area contributed by atoms with Gasteiger partial charge in [-0.2, -0.15) is 0 Å². The molecule has 0 aromatic rings. The van der Waals surface area contributed by atoms with E-state index in [1.807, 2.05) is 0 Å². The van der Waals surface area contributed by atoms with Gasteiger partial charge >= 0.3 is 11.9 Å². The number of carbonyl (C=O) groups is 3. The van der Waals surface area contributed by atoms with Crippen LogP contribution in [-0.4, -0.2) is 47.2 Å². The van der Waals surface area contributed by atoms with E-state index in [-0.39, 0.29) is 30.1 Å². The second-order valence-corrected chi connectivity index (χ2v) is 5.70. The van der Waals surface area contributed by atoms with Crippen molar-refractivity contribution in [3.8, 4) is 0 Å². The lowest BCUT2D eigenvalue weighted by Gasteiger charge is -2.23. The zero-order chi connectivity index (χ0) is 14.8. The zero-order valence-corrected chi connectivity index (χ0v) is 11.2. The third kappa shape index (κ3) is 3.27. The Hall–Kier alpha value is -1.63. The van der Waals surface area contributed by atoms with Gasteiger partial charge in [0.1, 0.15) is 6.04 Å². The molecule has 2 rings (SSSR count). The zero-order valence-electron chi connectivity index (χ0n) is 11.2. The van der Waals surface area contributed by atoms with Gasteiger partial charge in [-0.25, -0.2) is 4.79 Å². The fraction of sp³-hybridized carbons (Fsp3) is 0.769. The van der Waals surface area contributed by atoms with Crippen LogP contribution in [0.3, 0.4) is 0 Å². The molecule has 1 aliphatic carbocycles. The lowest BCUT2D eigenvalue weighted by Crippen LogP contribution is -2.43. The Morgan fingerprint density at radius 2 is 1.90 bits per heavy atom. The van der Waals surface area contributed by atoms with Crippen molar-refractivity contribution in [2.24, 2.45) is 11.3 Å². The number of aliphatic carboxylic acids is 2. The highest BCUT2D eigenvalue weighted by atomic mass is 16.4. The molecule has 1 spiro atoms. The standard InChI is InChI=1S/C13H20N2O5/c16-10(17)2-1-9(12(19)20)15-11(18)8-7-13(8)3-5-14-6-4-13/h8-9,14H,1-7H2,(H,15,18)(H,16,17)(H,19,20)/t8?,9-/m0/s1. The molecule has 1 amide bonds. The molecule has 1 saturated carbocycles. The van der Waals surface area contributed by atoms with E-state index in [1.54, 1.807) is 0 Å². The van der Waals surface area contributed by atoms with E-state index in [4.69, 9.17) is 10.2 Å². The van der Waals surface area contributed by atoms with Crippen molar-refractivity contribution in [2.45, 2.75) is 38.1 Å². The van der Waals surface area contributed by atoms with Crippen molar-refractivity contribution in [1.82, 2.24) is 10.6 Å². The van der Waals surface area contributed by atoms with Crippen LogP contribution in [0.15, 0.2) is 0 Å². The number of piperidine rings is 1. The quantitative estimate of drug-likeness (QED) is 0.537. The highest BCUT2D eigenvalue weighted by Gasteiger charge is 2.57. The van der Waals surface area contributed by atoms with E-state index < -0.39 is 18.0 Å². The average molecular weight is 284 g/mol. The van der Waals surface area contributed by atoms with Gasteiger partial charge in [-0.3, -0.25) is 9.59 Å². The highest BCUT2D eigenvalue weighted by molar-refractivity contribution is 5.87. The van der Waals surface area contributed by atoms with Gasteiger partial charge in [-0.1, -0.05) is 0 Å². The summed E-state index contributed by atoms with van der Waals surface area (Å²) in [6, 6.07) is -1.11. The number of nitrogens with one attached hydrogen (secondary N) is 2. The molecule has 1 aliphatic heterocycles. The minimum absolute atomic E-state index is 0.0468. The van der Waals surface area contributed by atoms with Gasteiger partial charge in [-0.15, -0.1) is 0 Å². The van der Waals surface area contributed by atoms with Crippen LogP contribution < -0.4 is 10.6 Å². The Morgan fingerprint density at radius 1 is 1.25 bits per heavy atom. The SMILES string of the molecule is O=C(O)CC[C@H](NC(=O)C1CC12CCNCC2)C(=O)O. The van der Waals surface area contributed by atoms with Crippen LogP contribution in [0.2, 0.25) is 0 Å². The van der Waals surface area contributed by atoms with E-state index >= 15 is 0 Å². The van der Waals surface area contributed by atoms with E-state index in [0.29, 0.717) is 0 Å². The van der Waals surface area contributed by atoms with Crippen molar-refractivity contribution in [3.05, 3.63) is 0 Å². The summed E-state index contributed by atoms with van der Waals surface area (Å²) in [4.78, 5) is 33.6. The Bertz CT molecular complexity index is 417. The molecule has 4 N–H and O–H groups in total. The maximum Gasteiger partial charge on any atom is 0.326 e. The minimum atomic E-state index is -1.18. The van der Waals surface area contributed by atoms with Crippen molar-refractivity contribution in [3.63, 3.8) is 0 Å². The normalized spacial score (nSPS) is 24.9. The molecule has 112 valence electrons. The largest absolute Gasteiger partial charge is 0.481 e. The average Bonchev–Trinajstić information content (AvgIpc) is 3.08. The van der Waals surface area contributed by atoms with Crippen LogP contribution in [0.25, 0.3) is 0 Å². The van der Waals surface area contributed by atoms with Gasteiger partial charge in [0.2, 0.25) is 5.91 Å². The van der Waals surface area contributed by atoms with Crippen molar-refractivity contribution < 1.29 is 24.6 Å². The Balaban J connectivity index is 1.86. The second-order valence-electron chi connectivity index (χ2n) is 5.70. The summed E-state index contributed by atoms with van der Waals surface area (Å²) in [6.45, 7) is 1.79. The van der Waals surface area contributed by atoms with E-state index in [9.17, 15) is 14.4 Å². The van der Waals surface area contributed by atoms with Gasteiger partial charge in [0.15, 0.2) is 0 Å². The van der Waals surface area contributed by atoms with Crippen LogP contribution in [0.4, 0.5) is 0 Å². The third-order valence-corrected chi connectivity index (χ3v) is 4.37. The molecule has 7 heteroatoms. The predicted octanol–water partition coefficient (Wildman–Crippen LogP) is -0.190. The predicted molar refractivity (Wildman–Crippen MR) is 69.1 cm³/mol. The number of carboxylic acid groups (broad SMARTS) is 2. The lowest BCUT2D eigenvalue weighted by molar-refractivity contribution is -0.143. The molecule has 2 aliphatic rings. The molecule has 1 saturated heterocycles. The summed E-state index contributed by atoms with van der Waals surface area (Å²) in [6.07, 6.45) is 2.34. The first kappa shape index (κ1) is 14.8. The summed E-state index contributed by atoms with van der Waals surface area (Å²) in [5, 5.41) is 23.3. The summed E-state index contributed by atoms with van der Waals surface area (Å²) < 4.78 is 0. The minimum Gasteiger partial charge on any atom is -0.481 e. The van der Waals surface area contributed by atoms with E-state index in [1.165, 1.54) is 0 Å². The van der Waals surface area contributed by atoms with Crippen molar-refractivity contribution >= 4 is 17.8 Å². The Morgan fingerprint density at radius 3 is 2.45 bits per heavy atom. The van der Waals surface area contributed by atoms with Gasteiger partial charge in [0, 0.05) is 12.3 Å². The van der Waals surface area contributed by atoms with Crippen molar-refractivity contribution in [2.75, 3.05) is 13.1 Å². The number of hydrogen-bond donors (Lipinski definition) is 4. The fourth-order valence-corrected chi connectivity index (χ4v) is 2.99. The first-order valence-electron chi connectivity index (χ1n) is 6.90. The number of hydrogen-bond acceptors (Lipinski definition) is 4. The number of carboxylic acids is 2. The van der Waals surface area contributed by atoms with Gasteiger partial charge in [-0.05, 0) is 44.2 Å². The van der Waals surface area contributed by atoms with Gasteiger partial charge < -0.3 is 20.8 Å². The molecule has 2 atom stereocenters. The molecule has 0 radical (unpaired) electrons. The molecular formula is C13H20N2O5. The third-order valence-electron chi connectivity index (χ3n) is 4.37. The summed E-state index contributed by atoms with van der Waals surface area (Å²) in [5.74, 6) is -2.60. The number of carbonyl (C=O) groups excluding carboxylic acids is 1. The fourth-order valence-electron chi connectivity index (χ4n) is 2.99. The number of rotatable bonds is 6. The molecular weight excluding hydrogens is 264 g/mol. The molecule has 0 bridgehead atoms. The molecule has 0 aromatic carbocycles. The molecule has 0 aromatic heterocycles. The van der Waals surface area contributed by atoms with Crippen LogP contribution in [0.1, 0.15) is 32.1 Å². The molecule has 20 heavy (non-hydrogen) atoms. The van der Waals surface area contributed by atoms with Crippen LogP contribution >= 0.6 is 0 Å². The maximum absolute atomic E-state index is 12.1. The molecule has 2 fully saturated rings. The smallest absolute Gasteiger partial charge is 0.326 e. The summed E-state index contributed by atoms with van der Waals surface area (Å²) in [7, 11) is 0. The molecule has 1 heterocycles. The number of amides is 1. The van der Waals surface area contributed by atoms with Crippen LogP contribution in [0.5, 0.6) is 0 Å². The van der Waals surface area contributed by atoms with E-state index in [2.05, 4.69) is 10.6 Å². The monoisotopic (exact) mass is 284 g/mol.